The van der Waals surface area contributed by atoms with Crippen molar-refractivity contribution < 1.29 is 5.11 Å². The minimum absolute atomic E-state index is 0.370. The molecule has 0 aliphatic rings. The molecule has 0 amide bonds. The third-order valence-electron chi connectivity index (χ3n) is 5.41. The van der Waals surface area contributed by atoms with Crippen LogP contribution in [0.3, 0.4) is 0 Å². The summed E-state index contributed by atoms with van der Waals surface area (Å²) in [5, 5.41) is 8.96. The molecule has 25 heavy (non-hydrogen) atoms. The molecule has 154 valence electrons. The molecule has 0 fully saturated rings. The van der Waals surface area contributed by atoms with Crippen molar-refractivity contribution >= 4 is 10.0 Å². The van der Waals surface area contributed by atoms with Crippen molar-refractivity contribution in [1.29, 1.82) is 0 Å². The summed E-state index contributed by atoms with van der Waals surface area (Å²) in [5.41, 5.74) is 0. The Balaban J connectivity index is 3.14. The van der Waals surface area contributed by atoms with Crippen molar-refractivity contribution in [2.45, 2.75) is 116 Å². The normalized spacial score (nSPS) is 12.6. The molecular weight excluding hydrogens is 324 g/mol. The molecule has 0 spiro atoms. The highest BCUT2D eigenvalue weighted by atomic mass is 32.3. The molecule has 0 unspecified atom stereocenters. The first-order valence-electron chi connectivity index (χ1n) is 11.4. The maximum atomic E-state index is 8.96. The first kappa shape index (κ1) is 25.3. The summed E-state index contributed by atoms with van der Waals surface area (Å²) in [5.74, 6) is 2.66. The van der Waals surface area contributed by atoms with Crippen LogP contribution in [-0.4, -0.2) is 35.7 Å². The summed E-state index contributed by atoms with van der Waals surface area (Å²) in [7, 11) is -0.423. The Bertz CT molecular complexity index is 252. The third-order valence-corrected chi connectivity index (χ3v) is 8.19. The van der Waals surface area contributed by atoms with Gasteiger partial charge in [0.05, 0.1) is 0 Å². The molecule has 0 aliphatic carbocycles. The van der Waals surface area contributed by atoms with Crippen molar-refractivity contribution in [3.8, 4) is 0 Å². The lowest BCUT2D eigenvalue weighted by atomic mass is 10.0. The van der Waals surface area contributed by atoms with Crippen molar-refractivity contribution in [2.24, 2.45) is 0 Å². The molecule has 0 bridgehead atoms. The van der Waals surface area contributed by atoms with Crippen LogP contribution in [0.15, 0.2) is 0 Å². The molecule has 0 saturated heterocycles. The van der Waals surface area contributed by atoms with Gasteiger partial charge in [-0.05, 0) is 36.9 Å². The summed E-state index contributed by atoms with van der Waals surface area (Å²) >= 11 is 0. The van der Waals surface area contributed by atoms with Gasteiger partial charge in [-0.15, -0.1) is 0 Å². The standard InChI is InChI=1S/C23H50OS/c1-4-5-6-7-8-9-10-11-12-13-14-15-16-17-18-19-22-25(2,3)23-20-21-24/h24H,4-23H2,1-3H3. The second-order valence-corrected chi connectivity index (χ2v) is 12.9. The molecule has 1 nitrogen and oxygen atoms in total. The van der Waals surface area contributed by atoms with Crippen LogP contribution in [0.4, 0.5) is 0 Å². The average Bonchev–Trinajstić information content (AvgIpc) is 2.59. The van der Waals surface area contributed by atoms with Gasteiger partial charge in [0.1, 0.15) is 0 Å². The van der Waals surface area contributed by atoms with Gasteiger partial charge in [0, 0.05) is 6.61 Å². The van der Waals surface area contributed by atoms with Gasteiger partial charge < -0.3 is 5.11 Å². The van der Waals surface area contributed by atoms with E-state index < -0.39 is 10.0 Å². The number of hydrogen-bond acceptors (Lipinski definition) is 1. The fourth-order valence-electron chi connectivity index (χ4n) is 3.60. The molecule has 0 radical (unpaired) electrons. The second-order valence-electron chi connectivity index (χ2n) is 8.56. The molecule has 0 aromatic carbocycles. The Morgan fingerprint density at radius 3 is 1.16 bits per heavy atom. The molecule has 1 N–H and O–H groups in total. The van der Waals surface area contributed by atoms with E-state index in [0.717, 1.165) is 6.42 Å². The van der Waals surface area contributed by atoms with Crippen molar-refractivity contribution in [3.05, 3.63) is 0 Å². The summed E-state index contributed by atoms with van der Waals surface area (Å²) in [4.78, 5) is 0. The zero-order chi connectivity index (χ0) is 18.6. The van der Waals surface area contributed by atoms with Crippen molar-refractivity contribution in [1.82, 2.24) is 0 Å². The van der Waals surface area contributed by atoms with Gasteiger partial charge in [-0.25, -0.2) is 10.0 Å². The van der Waals surface area contributed by atoms with Crippen LogP contribution < -0.4 is 0 Å². The maximum Gasteiger partial charge on any atom is 0.0438 e. The number of unbranched alkanes of at least 4 members (excludes halogenated alkanes) is 15. The minimum atomic E-state index is -0.423. The first-order valence-corrected chi connectivity index (χ1v) is 14.2. The van der Waals surface area contributed by atoms with Crippen LogP contribution in [-0.2, 0) is 0 Å². The molecule has 0 aliphatic heterocycles. The van der Waals surface area contributed by atoms with E-state index in [0.29, 0.717) is 6.61 Å². The SMILES string of the molecule is CCCCCCCCCCCCCCCCCCS(C)(C)CCCO. The van der Waals surface area contributed by atoms with Crippen LogP contribution in [0.2, 0.25) is 0 Å². The highest BCUT2D eigenvalue weighted by Crippen LogP contribution is 2.41. The smallest absolute Gasteiger partial charge is 0.0438 e. The first-order chi connectivity index (χ1) is 12.1. The predicted octanol–water partition coefficient (Wildman–Crippen LogP) is 7.69. The van der Waals surface area contributed by atoms with Gasteiger partial charge in [0.2, 0.25) is 0 Å². The Morgan fingerprint density at radius 1 is 0.480 bits per heavy atom. The molecule has 0 aromatic heterocycles. The van der Waals surface area contributed by atoms with Gasteiger partial charge in [0.25, 0.3) is 0 Å². The highest BCUT2D eigenvalue weighted by Gasteiger charge is 2.10. The van der Waals surface area contributed by atoms with Crippen LogP contribution in [0.5, 0.6) is 0 Å². The van der Waals surface area contributed by atoms with E-state index in [1.807, 2.05) is 0 Å². The summed E-state index contributed by atoms with van der Waals surface area (Å²) in [6, 6.07) is 0. The number of hydrogen-bond donors (Lipinski definition) is 1. The lowest BCUT2D eigenvalue weighted by molar-refractivity contribution is 0.296. The molecule has 0 aromatic rings. The monoisotopic (exact) mass is 374 g/mol. The van der Waals surface area contributed by atoms with Gasteiger partial charge >= 0.3 is 0 Å². The zero-order valence-corrected chi connectivity index (χ0v) is 18.8. The van der Waals surface area contributed by atoms with Crippen LogP contribution in [0.1, 0.15) is 116 Å². The van der Waals surface area contributed by atoms with Crippen molar-refractivity contribution in [2.75, 3.05) is 30.6 Å². The van der Waals surface area contributed by atoms with Gasteiger partial charge in [0.15, 0.2) is 0 Å². The zero-order valence-electron chi connectivity index (χ0n) is 18.0. The van der Waals surface area contributed by atoms with E-state index in [9.17, 15) is 0 Å². The molecule has 0 atom stereocenters. The predicted molar refractivity (Wildman–Crippen MR) is 120 cm³/mol. The highest BCUT2D eigenvalue weighted by molar-refractivity contribution is 8.32. The van der Waals surface area contributed by atoms with E-state index in [1.54, 1.807) is 0 Å². The lowest BCUT2D eigenvalue weighted by Crippen LogP contribution is -2.07. The fourth-order valence-corrected chi connectivity index (χ4v) is 5.70. The van der Waals surface area contributed by atoms with E-state index >= 15 is 0 Å². The van der Waals surface area contributed by atoms with E-state index in [4.69, 9.17) is 5.11 Å². The molecule has 0 heterocycles. The Hall–Kier alpha value is 0.310. The molecule has 0 saturated carbocycles. The summed E-state index contributed by atoms with van der Waals surface area (Å²) < 4.78 is 0. The largest absolute Gasteiger partial charge is 0.396 e. The average molecular weight is 375 g/mol. The van der Waals surface area contributed by atoms with Crippen LogP contribution >= 0.6 is 10.0 Å². The molecule has 0 rings (SSSR count). The second kappa shape index (κ2) is 19.1. The number of aliphatic hydroxyl groups is 1. The summed E-state index contributed by atoms with van der Waals surface area (Å²) in [6.07, 6.45) is 29.1. The van der Waals surface area contributed by atoms with Crippen LogP contribution in [0, 0.1) is 0 Å². The quantitative estimate of drug-likeness (QED) is 0.216. The molecular formula is C23H50OS. The maximum absolute atomic E-state index is 8.96. The Kier molecular flexibility index (Phi) is 19.3. The minimum Gasteiger partial charge on any atom is -0.396 e. The van der Waals surface area contributed by atoms with Gasteiger partial charge in [-0.1, -0.05) is 103 Å². The Morgan fingerprint density at radius 2 is 0.800 bits per heavy atom. The van der Waals surface area contributed by atoms with Gasteiger partial charge in [-0.2, -0.15) is 0 Å². The summed E-state index contributed by atoms with van der Waals surface area (Å²) in [6.45, 7) is 2.66. The topological polar surface area (TPSA) is 20.2 Å². The van der Waals surface area contributed by atoms with E-state index in [1.165, 1.54) is 114 Å². The van der Waals surface area contributed by atoms with Crippen LogP contribution in [0.25, 0.3) is 0 Å². The van der Waals surface area contributed by atoms with E-state index in [2.05, 4.69) is 19.4 Å². The fraction of sp³-hybridized carbons (Fsp3) is 1.00. The third kappa shape index (κ3) is 20.5. The van der Waals surface area contributed by atoms with Crippen molar-refractivity contribution in [3.63, 3.8) is 0 Å². The number of rotatable bonds is 20. The van der Waals surface area contributed by atoms with Gasteiger partial charge in [-0.3, -0.25) is 0 Å². The lowest BCUT2D eigenvalue weighted by Gasteiger charge is -2.31. The number of aliphatic hydroxyl groups excluding tert-OH is 1. The Labute approximate surface area is 162 Å². The molecule has 2 heteroatoms. The van der Waals surface area contributed by atoms with E-state index in [-0.39, 0.29) is 0 Å².